The maximum absolute atomic E-state index is 5.75. The molecule has 0 saturated carbocycles. The van der Waals surface area contributed by atoms with E-state index in [4.69, 9.17) is 11.5 Å². The topological polar surface area (TPSA) is 89.8 Å². The van der Waals surface area contributed by atoms with Crippen molar-refractivity contribution in [1.82, 2.24) is 9.97 Å². The Kier molecular flexibility index (Phi) is 3.39. The summed E-state index contributed by atoms with van der Waals surface area (Å²) in [5, 5.41) is 3.14. The Labute approximate surface area is 122 Å². The quantitative estimate of drug-likeness (QED) is 0.640. The molecule has 0 aliphatic rings. The number of nitrogen functional groups attached to an aromatic ring is 2. The predicted molar refractivity (Wildman–Crippen MR) is 86.0 cm³/mol. The molecule has 0 unspecified atom stereocenters. The fraction of sp³-hybridized carbons (Fsp3) is 0. The molecule has 104 valence electrons. The van der Waals surface area contributed by atoms with Gasteiger partial charge in [0.1, 0.15) is 0 Å². The second-order valence-corrected chi connectivity index (χ2v) is 4.64. The molecule has 2 aromatic carbocycles. The van der Waals surface area contributed by atoms with Gasteiger partial charge in [0.15, 0.2) is 0 Å². The number of rotatable bonds is 3. The Morgan fingerprint density at radius 3 is 2.43 bits per heavy atom. The van der Waals surface area contributed by atoms with Gasteiger partial charge in [0, 0.05) is 28.8 Å². The van der Waals surface area contributed by atoms with Crippen LogP contribution in [0.15, 0.2) is 60.8 Å². The van der Waals surface area contributed by atoms with Crippen molar-refractivity contribution in [2.75, 3.05) is 16.8 Å². The van der Waals surface area contributed by atoms with Crippen LogP contribution >= 0.6 is 0 Å². The molecular formula is C16H15N5. The Balaban J connectivity index is 1.88. The molecule has 0 aliphatic heterocycles. The first-order valence-corrected chi connectivity index (χ1v) is 6.52. The van der Waals surface area contributed by atoms with Crippen LogP contribution in [0.25, 0.3) is 11.3 Å². The van der Waals surface area contributed by atoms with E-state index in [1.165, 1.54) is 0 Å². The van der Waals surface area contributed by atoms with Crippen LogP contribution in [-0.2, 0) is 0 Å². The molecule has 21 heavy (non-hydrogen) atoms. The van der Waals surface area contributed by atoms with E-state index in [9.17, 15) is 0 Å². The van der Waals surface area contributed by atoms with Crippen LogP contribution in [0.5, 0.6) is 0 Å². The lowest BCUT2D eigenvalue weighted by Gasteiger charge is -2.07. The van der Waals surface area contributed by atoms with Crippen LogP contribution in [0.3, 0.4) is 0 Å². The molecule has 0 spiro atoms. The molecule has 3 aromatic rings. The first kappa shape index (κ1) is 12.9. The molecule has 3 rings (SSSR count). The molecule has 0 aliphatic carbocycles. The minimum Gasteiger partial charge on any atom is -0.399 e. The van der Waals surface area contributed by atoms with E-state index in [1.807, 2.05) is 54.6 Å². The number of nitrogens with zero attached hydrogens (tertiary/aromatic N) is 2. The zero-order chi connectivity index (χ0) is 14.7. The summed E-state index contributed by atoms with van der Waals surface area (Å²) in [6, 6.07) is 16.9. The molecule has 0 fully saturated rings. The second-order valence-electron chi connectivity index (χ2n) is 4.64. The Morgan fingerprint density at radius 1 is 0.857 bits per heavy atom. The molecular weight excluding hydrogens is 262 g/mol. The first-order valence-electron chi connectivity index (χ1n) is 6.52. The summed E-state index contributed by atoms with van der Waals surface area (Å²) < 4.78 is 0. The molecule has 0 amide bonds. The summed E-state index contributed by atoms with van der Waals surface area (Å²) in [7, 11) is 0. The van der Waals surface area contributed by atoms with Crippen LogP contribution in [0.2, 0.25) is 0 Å². The maximum Gasteiger partial charge on any atom is 0.227 e. The largest absolute Gasteiger partial charge is 0.399 e. The summed E-state index contributed by atoms with van der Waals surface area (Å²) >= 11 is 0. The third kappa shape index (κ3) is 3.09. The van der Waals surface area contributed by atoms with Gasteiger partial charge in [0.25, 0.3) is 0 Å². The molecule has 5 heteroatoms. The van der Waals surface area contributed by atoms with E-state index in [-0.39, 0.29) is 0 Å². The minimum absolute atomic E-state index is 0.523. The van der Waals surface area contributed by atoms with Crippen molar-refractivity contribution in [3.8, 4) is 11.3 Å². The van der Waals surface area contributed by atoms with Crippen LogP contribution < -0.4 is 16.8 Å². The molecule has 1 heterocycles. The van der Waals surface area contributed by atoms with Gasteiger partial charge in [-0.2, -0.15) is 0 Å². The second kappa shape index (κ2) is 5.50. The highest BCUT2D eigenvalue weighted by Gasteiger charge is 2.03. The van der Waals surface area contributed by atoms with Crippen LogP contribution in [0.4, 0.5) is 23.0 Å². The Morgan fingerprint density at radius 2 is 1.67 bits per heavy atom. The van der Waals surface area contributed by atoms with Crippen molar-refractivity contribution >= 4 is 23.0 Å². The van der Waals surface area contributed by atoms with E-state index in [2.05, 4.69) is 15.3 Å². The molecule has 0 atom stereocenters. The Bertz CT molecular complexity index is 753. The van der Waals surface area contributed by atoms with Gasteiger partial charge in [-0.15, -0.1) is 0 Å². The summed E-state index contributed by atoms with van der Waals surface area (Å²) in [5.74, 6) is 0.523. The molecule has 0 radical (unpaired) electrons. The maximum atomic E-state index is 5.75. The molecule has 5 nitrogen and oxygen atoms in total. The van der Waals surface area contributed by atoms with E-state index < -0.39 is 0 Å². The van der Waals surface area contributed by atoms with Crippen molar-refractivity contribution in [1.29, 1.82) is 0 Å². The highest BCUT2D eigenvalue weighted by atomic mass is 15.1. The van der Waals surface area contributed by atoms with Gasteiger partial charge in [0.2, 0.25) is 5.95 Å². The highest BCUT2D eigenvalue weighted by Crippen LogP contribution is 2.21. The van der Waals surface area contributed by atoms with Crippen molar-refractivity contribution in [2.24, 2.45) is 0 Å². The summed E-state index contributed by atoms with van der Waals surface area (Å²) in [6.07, 6.45) is 1.72. The zero-order valence-corrected chi connectivity index (χ0v) is 11.3. The average molecular weight is 277 g/mol. The summed E-state index contributed by atoms with van der Waals surface area (Å²) in [4.78, 5) is 8.71. The van der Waals surface area contributed by atoms with Gasteiger partial charge in [-0.1, -0.05) is 18.2 Å². The van der Waals surface area contributed by atoms with Gasteiger partial charge in [-0.25, -0.2) is 9.97 Å². The number of anilines is 4. The molecule has 0 saturated heterocycles. The van der Waals surface area contributed by atoms with Crippen LogP contribution in [0.1, 0.15) is 0 Å². The van der Waals surface area contributed by atoms with Crippen molar-refractivity contribution in [3.63, 3.8) is 0 Å². The van der Waals surface area contributed by atoms with Gasteiger partial charge in [-0.05, 0) is 36.4 Å². The first-order chi connectivity index (χ1) is 10.2. The number of hydrogen-bond acceptors (Lipinski definition) is 5. The lowest BCUT2D eigenvalue weighted by atomic mass is 10.1. The van der Waals surface area contributed by atoms with E-state index in [0.717, 1.165) is 22.6 Å². The van der Waals surface area contributed by atoms with Crippen LogP contribution in [-0.4, -0.2) is 9.97 Å². The highest BCUT2D eigenvalue weighted by molar-refractivity contribution is 5.65. The smallest absolute Gasteiger partial charge is 0.227 e. The monoisotopic (exact) mass is 277 g/mol. The number of hydrogen-bond donors (Lipinski definition) is 3. The van der Waals surface area contributed by atoms with Crippen molar-refractivity contribution in [2.45, 2.75) is 0 Å². The van der Waals surface area contributed by atoms with E-state index >= 15 is 0 Å². The third-order valence-electron chi connectivity index (χ3n) is 3.00. The van der Waals surface area contributed by atoms with Crippen LogP contribution in [0, 0.1) is 0 Å². The van der Waals surface area contributed by atoms with Crippen molar-refractivity contribution in [3.05, 3.63) is 60.8 Å². The zero-order valence-electron chi connectivity index (χ0n) is 11.3. The summed E-state index contributed by atoms with van der Waals surface area (Å²) in [5.41, 5.74) is 15.5. The van der Waals surface area contributed by atoms with Gasteiger partial charge < -0.3 is 16.8 Å². The minimum atomic E-state index is 0.523. The van der Waals surface area contributed by atoms with E-state index in [1.54, 1.807) is 6.20 Å². The molecule has 0 bridgehead atoms. The SMILES string of the molecule is Nc1ccc(-c2ccnc(Nc3cccc(N)c3)n2)cc1. The average Bonchev–Trinajstić information content (AvgIpc) is 2.48. The van der Waals surface area contributed by atoms with Crippen molar-refractivity contribution < 1.29 is 0 Å². The lowest BCUT2D eigenvalue weighted by Crippen LogP contribution is -1.98. The third-order valence-corrected chi connectivity index (χ3v) is 3.00. The normalized spacial score (nSPS) is 10.3. The summed E-state index contributed by atoms with van der Waals surface area (Å²) in [6.45, 7) is 0. The van der Waals surface area contributed by atoms with Gasteiger partial charge in [0.05, 0.1) is 5.69 Å². The number of benzene rings is 2. The molecule has 5 N–H and O–H groups in total. The number of nitrogens with two attached hydrogens (primary N) is 2. The fourth-order valence-corrected chi connectivity index (χ4v) is 1.98. The van der Waals surface area contributed by atoms with Gasteiger partial charge >= 0.3 is 0 Å². The van der Waals surface area contributed by atoms with Gasteiger partial charge in [-0.3, -0.25) is 0 Å². The number of aromatic nitrogens is 2. The lowest BCUT2D eigenvalue weighted by molar-refractivity contribution is 1.17. The molecule has 1 aromatic heterocycles. The standard InChI is InChI=1S/C16H15N5/c17-12-6-4-11(5-7-12)15-8-9-19-16(21-15)20-14-3-1-2-13(18)10-14/h1-10H,17-18H2,(H,19,20,21). The predicted octanol–water partition coefficient (Wildman–Crippen LogP) is 3.05. The number of nitrogens with one attached hydrogen (secondary N) is 1. The fourth-order valence-electron chi connectivity index (χ4n) is 1.98. The van der Waals surface area contributed by atoms with E-state index in [0.29, 0.717) is 11.6 Å². The Hall–Kier alpha value is -3.08.